The van der Waals surface area contributed by atoms with Crippen LogP contribution in [0, 0.1) is 0 Å². The first-order valence-corrected chi connectivity index (χ1v) is 11.0. The number of rotatable bonds is 9. The first-order chi connectivity index (χ1) is 13.9. The van der Waals surface area contributed by atoms with Crippen molar-refractivity contribution in [2.24, 2.45) is 15.7 Å². The molecule has 11 heteroatoms. The lowest BCUT2D eigenvalue weighted by molar-refractivity contribution is -0.507. The highest BCUT2D eigenvalue weighted by atomic mass is 35.5. The number of thioether (sulfide) groups is 1. The summed E-state index contributed by atoms with van der Waals surface area (Å²) < 4.78 is 5.35. The van der Waals surface area contributed by atoms with Gasteiger partial charge in [-0.05, 0) is 33.5 Å². The molecule has 29 heavy (non-hydrogen) atoms. The first kappa shape index (κ1) is 30.5. The Bertz CT molecular complexity index is 479. The Morgan fingerprint density at radius 3 is 2.48 bits per heavy atom. The fraction of sp³-hybridized carbons (Fsp3) is 0.778. The molecule has 0 radical (unpaired) electrons. The normalized spacial score (nSPS) is 22.1. The van der Waals surface area contributed by atoms with Crippen LogP contribution in [0.25, 0.3) is 0 Å². The van der Waals surface area contributed by atoms with Crippen molar-refractivity contribution in [3.63, 3.8) is 0 Å². The number of aliphatic hydroxyl groups is 1. The maximum atomic E-state index is 8.58. The Kier molecular flexibility index (Phi) is 21.6. The third kappa shape index (κ3) is 14.8. The van der Waals surface area contributed by atoms with Gasteiger partial charge >= 0.3 is 0 Å². The second-order valence-electron chi connectivity index (χ2n) is 5.67. The molecule has 9 nitrogen and oxygen atoms in total. The topological polar surface area (TPSA) is 131 Å². The van der Waals surface area contributed by atoms with E-state index in [2.05, 4.69) is 38.9 Å². The highest BCUT2D eigenvalue weighted by molar-refractivity contribution is 8.13. The Labute approximate surface area is 183 Å². The van der Waals surface area contributed by atoms with Crippen LogP contribution in [0.4, 0.5) is 0 Å². The number of ether oxygens (including phenoxy) is 1. The molecule has 1 rings (SSSR count). The summed E-state index contributed by atoms with van der Waals surface area (Å²) in [5, 5.41) is 24.3. The van der Waals surface area contributed by atoms with Crippen molar-refractivity contribution in [2.75, 3.05) is 26.0 Å². The average Bonchev–Trinajstić information content (AvgIpc) is 3.13. The minimum absolute atomic E-state index is 0.0166. The molecule has 1 saturated carbocycles. The number of amidine groups is 1. The van der Waals surface area contributed by atoms with E-state index in [1.54, 1.807) is 6.92 Å². The van der Waals surface area contributed by atoms with Crippen molar-refractivity contribution >= 4 is 35.2 Å². The van der Waals surface area contributed by atoms with Gasteiger partial charge in [0.2, 0.25) is 0 Å². The average molecular weight is 457 g/mol. The minimum Gasteiger partial charge on any atom is -0.400 e. The van der Waals surface area contributed by atoms with Gasteiger partial charge in [0, 0.05) is 23.9 Å². The molecule has 0 aromatic rings. The van der Waals surface area contributed by atoms with Gasteiger partial charge in [-0.3, -0.25) is 0 Å². The molecule has 1 aliphatic carbocycles. The van der Waals surface area contributed by atoms with E-state index in [-0.39, 0.29) is 30.0 Å². The maximum absolute atomic E-state index is 8.58. The van der Waals surface area contributed by atoms with Crippen LogP contribution in [0.3, 0.4) is 0 Å². The Hall–Kier alpha value is -0.720. The number of nitrogens with one attached hydrogen (secondary N) is 1. The van der Waals surface area contributed by atoms with Gasteiger partial charge in [-0.2, -0.15) is 0 Å². The zero-order valence-electron chi connectivity index (χ0n) is 18.1. The zero-order chi connectivity index (χ0) is 22.7. The van der Waals surface area contributed by atoms with Gasteiger partial charge in [-0.1, -0.05) is 49.2 Å². The number of aliphatic imine (C=N–C) groups is 2. The predicted molar refractivity (Wildman–Crippen MR) is 121 cm³/mol. The highest BCUT2D eigenvalue weighted by Gasteiger charge is 2.35. The molecule has 172 valence electrons. The molecule has 1 aliphatic rings. The van der Waals surface area contributed by atoms with E-state index in [4.69, 9.17) is 32.4 Å². The lowest BCUT2D eigenvalue weighted by atomic mass is 10.2. The molecule has 5 N–H and O–H groups in total. The quantitative estimate of drug-likeness (QED) is 0.137. The van der Waals surface area contributed by atoms with E-state index >= 15 is 0 Å². The Morgan fingerprint density at radius 1 is 1.38 bits per heavy atom. The van der Waals surface area contributed by atoms with Gasteiger partial charge in [-0.15, -0.1) is 0 Å². The van der Waals surface area contributed by atoms with Crippen LogP contribution in [-0.4, -0.2) is 66.5 Å². The number of nitrogens with two attached hydrogens (primary N) is 1. The van der Waals surface area contributed by atoms with Gasteiger partial charge in [0.05, 0.1) is 19.3 Å². The van der Waals surface area contributed by atoms with Crippen molar-refractivity contribution in [3.05, 3.63) is 10.9 Å². The van der Waals surface area contributed by atoms with Gasteiger partial charge in [0.25, 0.3) is 0 Å². The van der Waals surface area contributed by atoms with Gasteiger partial charge in [-0.25, -0.2) is 20.1 Å². The maximum Gasteiger partial charge on any atom is 0.188 e. The predicted octanol–water partition coefficient (Wildman–Crippen LogP) is 3.13. The third-order valence-corrected chi connectivity index (χ3v) is 5.01. The van der Waals surface area contributed by atoms with Crippen LogP contribution in [0.2, 0.25) is 0 Å². The highest BCUT2D eigenvalue weighted by Crippen LogP contribution is 2.25. The van der Waals surface area contributed by atoms with Crippen LogP contribution in [-0.2, 0) is 14.7 Å². The second-order valence-corrected chi connectivity index (χ2v) is 7.09. The molecule has 2 unspecified atom stereocenters. The summed E-state index contributed by atoms with van der Waals surface area (Å²) in [7, 11) is 1.81. The summed E-state index contributed by atoms with van der Waals surface area (Å²) in [5.41, 5.74) is 5.92. The van der Waals surface area contributed by atoms with Crippen molar-refractivity contribution in [3.8, 4) is 0 Å². The second kappa shape index (κ2) is 20.5. The minimum atomic E-state index is -0.214. The Morgan fingerprint density at radius 2 is 2.03 bits per heavy atom. The van der Waals surface area contributed by atoms with Gasteiger partial charge in [0.15, 0.2) is 5.17 Å². The van der Waals surface area contributed by atoms with Gasteiger partial charge in [0.1, 0.15) is 11.3 Å². The van der Waals surface area contributed by atoms with E-state index in [0.29, 0.717) is 23.9 Å². The van der Waals surface area contributed by atoms with Crippen molar-refractivity contribution in [1.29, 1.82) is 0 Å². The first-order valence-electron chi connectivity index (χ1n) is 9.60. The number of likely N-dealkylation sites (N-methyl/N-ethyl adjacent to an activating group) is 1. The number of allylic oxidation sites excluding steroid dienone is 1. The summed E-state index contributed by atoms with van der Waals surface area (Å²) in [6.45, 7) is 11.5. The van der Waals surface area contributed by atoms with Crippen LogP contribution >= 0.6 is 23.4 Å². The molecule has 0 bridgehead atoms. The molecule has 0 saturated heterocycles. The monoisotopic (exact) mass is 456 g/mol. The molecule has 1 fully saturated rings. The number of aliphatic hydroxyl groups excluding tert-OH is 1. The van der Waals surface area contributed by atoms with Crippen LogP contribution in [0.15, 0.2) is 20.8 Å². The molecular formula is C18H37ClN4O5S. The van der Waals surface area contributed by atoms with E-state index < -0.39 is 0 Å². The summed E-state index contributed by atoms with van der Waals surface area (Å²) in [4.78, 5) is 12.4. The molecule has 3 atom stereocenters. The molecule has 0 spiro atoms. The van der Waals surface area contributed by atoms with E-state index in [9.17, 15) is 0 Å². The summed E-state index contributed by atoms with van der Waals surface area (Å²) in [5.74, 6) is 0.950. The van der Waals surface area contributed by atoms with Gasteiger partial charge < -0.3 is 20.9 Å². The summed E-state index contributed by atoms with van der Waals surface area (Å²) in [6.07, 6.45) is 2.31. The van der Waals surface area contributed by atoms with Crippen molar-refractivity contribution < 1.29 is 25.0 Å². The largest absolute Gasteiger partial charge is 0.400 e. The van der Waals surface area contributed by atoms with Crippen LogP contribution in [0.5, 0.6) is 0 Å². The number of halogens is 1. The summed E-state index contributed by atoms with van der Waals surface area (Å²) in [6, 6.07) is 0.103. The molecule has 0 amide bonds. The van der Waals surface area contributed by atoms with Crippen molar-refractivity contribution in [1.82, 2.24) is 5.32 Å². The van der Waals surface area contributed by atoms with Crippen LogP contribution < -0.4 is 11.1 Å². The fourth-order valence-electron chi connectivity index (χ4n) is 2.25. The van der Waals surface area contributed by atoms with E-state index in [0.717, 1.165) is 18.6 Å². The smallest absolute Gasteiger partial charge is 0.188 e. The molecule has 0 aliphatic heterocycles. The standard InChI is InChI=1S/C8H14ClN3S.C8H17NO5.C2H6/c1-4-5-13-8(11-3)12-7(9)6(2)10;1-9-7-4-6(12-3-2-10)5-8(7)13-14-11;1-2/h3-5,10H2,1-2H3;6-11H,2-5H2,1H3;1-2H3/b7-6+,12-8+;;/t;6?,7?,8-;/m.1./s1. The Balaban J connectivity index is 0. The zero-order valence-corrected chi connectivity index (χ0v) is 19.6. The lowest BCUT2D eigenvalue weighted by Crippen LogP contribution is -2.34. The third-order valence-electron chi connectivity index (χ3n) is 3.53. The molecule has 0 aromatic heterocycles. The lowest BCUT2D eigenvalue weighted by Gasteiger charge is -2.14. The molecule has 0 heterocycles. The fourth-order valence-corrected chi connectivity index (χ4v) is 3.02. The number of hydrogen-bond donors (Lipinski definition) is 4. The van der Waals surface area contributed by atoms with Crippen molar-refractivity contribution in [2.45, 2.75) is 65.2 Å². The molecular weight excluding hydrogens is 420 g/mol. The molecule has 0 aromatic carbocycles. The van der Waals surface area contributed by atoms with E-state index in [1.165, 1.54) is 11.8 Å². The van der Waals surface area contributed by atoms with E-state index in [1.807, 2.05) is 20.9 Å². The number of hydrogen-bond acceptors (Lipinski definition) is 9. The van der Waals surface area contributed by atoms with Crippen LogP contribution in [0.1, 0.15) is 47.0 Å². The summed E-state index contributed by atoms with van der Waals surface area (Å²) >= 11 is 7.25. The SMILES string of the molecule is C=N/C(=N\C(Cl)=C(/C)N)SCCC.CC.CNC1CC(OCCO)C[C@H]1OOO. The number of nitrogens with zero attached hydrogens (tertiary/aromatic N) is 2.